The molecule has 1 aromatic heterocycles. The van der Waals surface area contributed by atoms with Gasteiger partial charge in [0.2, 0.25) is 0 Å². The molecule has 1 atom stereocenters. The van der Waals surface area contributed by atoms with E-state index in [9.17, 15) is 4.79 Å². The van der Waals surface area contributed by atoms with Crippen molar-refractivity contribution in [2.45, 2.75) is 25.8 Å². The first-order valence-electron chi connectivity index (χ1n) is 4.69. The molecule has 14 heavy (non-hydrogen) atoms. The molecule has 1 aromatic rings. The highest BCUT2D eigenvalue weighted by Gasteiger charge is 2.22. The Kier molecular flexibility index (Phi) is 2.52. The van der Waals surface area contributed by atoms with Gasteiger partial charge in [0.25, 0.3) is 5.91 Å². The number of nitrogens with one attached hydrogen (secondary N) is 1. The van der Waals surface area contributed by atoms with Crippen molar-refractivity contribution in [3.63, 3.8) is 0 Å². The second-order valence-corrected chi connectivity index (χ2v) is 4.70. The highest BCUT2D eigenvalue weighted by Crippen LogP contribution is 2.28. The highest BCUT2D eigenvalue weighted by molar-refractivity contribution is 7.12. The molecule has 1 aliphatic heterocycles. The van der Waals surface area contributed by atoms with Gasteiger partial charge in [0.15, 0.2) is 0 Å². The molecule has 3 N–H and O–H groups in total. The van der Waals surface area contributed by atoms with Gasteiger partial charge >= 0.3 is 0 Å². The van der Waals surface area contributed by atoms with Gasteiger partial charge in [-0.1, -0.05) is 0 Å². The first kappa shape index (κ1) is 9.61. The number of rotatable bonds is 2. The third-order valence-electron chi connectivity index (χ3n) is 2.40. The Balaban J connectivity index is 2.27. The minimum absolute atomic E-state index is 0.326. The van der Waals surface area contributed by atoms with Crippen LogP contribution in [-0.2, 0) is 0 Å². The molecule has 1 aliphatic rings. The van der Waals surface area contributed by atoms with E-state index < -0.39 is 5.91 Å². The molecule has 2 heterocycles. The Morgan fingerprint density at radius 2 is 2.50 bits per heavy atom. The van der Waals surface area contributed by atoms with Gasteiger partial charge < -0.3 is 11.1 Å². The fourth-order valence-electron chi connectivity index (χ4n) is 1.69. The van der Waals surface area contributed by atoms with E-state index in [4.69, 9.17) is 5.73 Å². The van der Waals surface area contributed by atoms with Gasteiger partial charge in [-0.05, 0) is 26.3 Å². The number of carbonyl (C=O) groups is 1. The van der Waals surface area contributed by atoms with Crippen LogP contribution in [0.3, 0.4) is 0 Å². The van der Waals surface area contributed by atoms with Crippen LogP contribution >= 0.6 is 11.3 Å². The number of thiazole rings is 1. The van der Waals surface area contributed by atoms with Gasteiger partial charge in [-0.25, -0.2) is 4.98 Å². The second kappa shape index (κ2) is 3.67. The van der Waals surface area contributed by atoms with Crippen molar-refractivity contribution < 1.29 is 4.79 Å². The summed E-state index contributed by atoms with van der Waals surface area (Å²) in [6.45, 7) is 2.92. The SMILES string of the molecule is Cc1sc(C2CCCN2)nc1C(N)=O. The molecule has 0 aliphatic carbocycles. The molecule has 1 fully saturated rings. The molecular weight excluding hydrogens is 198 g/mol. The molecule has 4 nitrogen and oxygen atoms in total. The van der Waals surface area contributed by atoms with Crippen molar-refractivity contribution in [3.8, 4) is 0 Å². The first-order valence-corrected chi connectivity index (χ1v) is 5.50. The molecule has 0 aromatic carbocycles. The lowest BCUT2D eigenvalue weighted by molar-refractivity contribution is 0.0995. The monoisotopic (exact) mass is 211 g/mol. The van der Waals surface area contributed by atoms with Crippen LogP contribution in [0, 0.1) is 6.92 Å². The fourth-order valence-corrected chi connectivity index (χ4v) is 2.73. The van der Waals surface area contributed by atoms with Crippen molar-refractivity contribution in [1.82, 2.24) is 10.3 Å². The van der Waals surface area contributed by atoms with Gasteiger partial charge in [-0.3, -0.25) is 4.79 Å². The van der Waals surface area contributed by atoms with E-state index in [0.717, 1.165) is 22.9 Å². The van der Waals surface area contributed by atoms with Crippen molar-refractivity contribution in [3.05, 3.63) is 15.6 Å². The van der Waals surface area contributed by atoms with Crippen LogP contribution in [0.1, 0.15) is 39.3 Å². The summed E-state index contributed by atoms with van der Waals surface area (Å²) in [5.74, 6) is -0.428. The number of hydrogen-bond acceptors (Lipinski definition) is 4. The molecule has 5 heteroatoms. The molecule has 76 valence electrons. The van der Waals surface area contributed by atoms with E-state index in [1.54, 1.807) is 11.3 Å². The van der Waals surface area contributed by atoms with Crippen molar-refractivity contribution in [1.29, 1.82) is 0 Å². The van der Waals surface area contributed by atoms with Crippen LogP contribution in [0.15, 0.2) is 0 Å². The summed E-state index contributed by atoms with van der Waals surface area (Å²) in [6, 6.07) is 0.326. The summed E-state index contributed by atoms with van der Waals surface area (Å²) in [7, 11) is 0. The lowest BCUT2D eigenvalue weighted by Gasteiger charge is -2.03. The zero-order chi connectivity index (χ0) is 10.1. The zero-order valence-corrected chi connectivity index (χ0v) is 8.86. The topological polar surface area (TPSA) is 68.0 Å². The van der Waals surface area contributed by atoms with Crippen LogP contribution in [0.5, 0.6) is 0 Å². The number of hydrogen-bond donors (Lipinski definition) is 2. The quantitative estimate of drug-likeness (QED) is 0.766. The maximum absolute atomic E-state index is 11.0. The number of aryl methyl sites for hydroxylation is 1. The second-order valence-electron chi connectivity index (χ2n) is 3.47. The third kappa shape index (κ3) is 1.65. The van der Waals surface area contributed by atoms with Gasteiger partial charge in [0.1, 0.15) is 10.7 Å². The number of nitrogens with two attached hydrogens (primary N) is 1. The number of nitrogens with zero attached hydrogens (tertiary/aromatic N) is 1. The molecule has 1 amide bonds. The first-order chi connectivity index (χ1) is 6.68. The average Bonchev–Trinajstić information content (AvgIpc) is 2.70. The van der Waals surface area contributed by atoms with E-state index >= 15 is 0 Å². The molecule has 1 saturated heterocycles. The Hall–Kier alpha value is -0.940. The molecule has 0 saturated carbocycles. The predicted octanol–water partition coefficient (Wildman–Crippen LogP) is 0.975. The lowest BCUT2D eigenvalue weighted by atomic mass is 10.2. The summed E-state index contributed by atoms with van der Waals surface area (Å²) in [5, 5.41) is 4.34. The van der Waals surface area contributed by atoms with E-state index in [0.29, 0.717) is 11.7 Å². The van der Waals surface area contributed by atoms with Crippen molar-refractivity contribution in [2.24, 2.45) is 5.73 Å². The molecule has 1 unspecified atom stereocenters. The van der Waals surface area contributed by atoms with Crippen LogP contribution < -0.4 is 11.1 Å². The Morgan fingerprint density at radius 3 is 3.00 bits per heavy atom. The zero-order valence-electron chi connectivity index (χ0n) is 8.04. The predicted molar refractivity (Wildman–Crippen MR) is 55.3 cm³/mol. The van der Waals surface area contributed by atoms with Gasteiger partial charge in [-0.15, -0.1) is 11.3 Å². The number of carbonyl (C=O) groups excluding carboxylic acids is 1. The van der Waals surface area contributed by atoms with Crippen molar-refractivity contribution in [2.75, 3.05) is 6.54 Å². The molecule has 0 bridgehead atoms. The third-order valence-corrected chi connectivity index (χ3v) is 3.49. The largest absolute Gasteiger partial charge is 0.364 e. The van der Waals surface area contributed by atoms with Crippen LogP contribution in [0.2, 0.25) is 0 Å². The molecule has 2 rings (SSSR count). The smallest absolute Gasteiger partial charge is 0.268 e. The van der Waals surface area contributed by atoms with Gasteiger partial charge in [0.05, 0.1) is 6.04 Å². The summed E-state index contributed by atoms with van der Waals surface area (Å²) in [6.07, 6.45) is 2.28. The normalized spacial score (nSPS) is 21.4. The maximum atomic E-state index is 11.0. The molecule has 0 spiro atoms. The minimum atomic E-state index is -0.428. The number of aromatic nitrogens is 1. The van der Waals surface area contributed by atoms with Crippen LogP contribution in [0.25, 0.3) is 0 Å². The minimum Gasteiger partial charge on any atom is -0.364 e. The fraction of sp³-hybridized carbons (Fsp3) is 0.556. The Labute approximate surface area is 86.5 Å². The Bertz CT molecular complexity index is 355. The van der Waals surface area contributed by atoms with E-state index in [2.05, 4.69) is 10.3 Å². The van der Waals surface area contributed by atoms with E-state index in [-0.39, 0.29) is 0 Å². The number of amides is 1. The summed E-state index contributed by atoms with van der Waals surface area (Å²) in [5.41, 5.74) is 5.64. The Morgan fingerprint density at radius 1 is 1.71 bits per heavy atom. The highest BCUT2D eigenvalue weighted by atomic mass is 32.1. The standard InChI is InChI=1S/C9H13N3OS/c1-5-7(8(10)13)12-9(14-5)6-3-2-4-11-6/h6,11H,2-4H2,1H3,(H2,10,13). The molecule has 0 radical (unpaired) electrons. The van der Waals surface area contributed by atoms with Crippen molar-refractivity contribution >= 4 is 17.2 Å². The average molecular weight is 211 g/mol. The van der Waals surface area contributed by atoms with E-state index in [1.807, 2.05) is 6.92 Å². The van der Waals surface area contributed by atoms with E-state index in [1.165, 1.54) is 6.42 Å². The van der Waals surface area contributed by atoms with Crippen LogP contribution in [0.4, 0.5) is 0 Å². The maximum Gasteiger partial charge on any atom is 0.268 e. The van der Waals surface area contributed by atoms with Gasteiger partial charge in [-0.2, -0.15) is 0 Å². The van der Waals surface area contributed by atoms with Gasteiger partial charge in [0, 0.05) is 4.88 Å². The number of primary amides is 1. The summed E-state index contributed by atoms with van der Waals surface area (Å²) < 4.78 is 0. The summed E-state index contributed by atoms with van der Waals surface area (Å²) >= 11 is 1.57. The summed E-state index contributed by atoms with van der Waals surface area (Å²) in [4.78, 5) is 16.2. The molecular formula is C9H13N3OS. The van der Waals surface area contributed by atoms with Crippen LogP contribution in [-0.4, -0.2) is 17.4 Å². The lowest BCUT2D eigenvalue weighted by Crippen LogP contribution is -2.15.